The number of ether oxygens (including phenoxy) is 2. The fourth-order valence-corrected chi connectivity index (χ4v) is 3.46. The van der Waals surface area contributed by atoms with Gasteiger partial charge >= 0.3 is 12.0 Å². The second kappa shape index (κ2) is 13.6. The Kier molecular flexibility index (Phi) is 10.0. The molecule has 0 aromatic heterocycles. The number of benzene rings is 3. The molecule has 0 atom stereocenters. The summed E-state index contributed by atoms with van der Waals surface area (Å²) in [7, 11) is 4.88. The molecule has 0 unspecified atom stereocenters. The smallest absolute Gasteiger partial charge is 0.337 e. The third kappa shape index (κ3) is 8.97. The number of methoxy groups -OCH3 is 1. The van der Waals surface area contributed by atoms with Gasteiger partial charge in [-0.1, -0.05) is 18.2 Å². The number of likely N-dealkylation sites (N-methyl/N-ethyl adjacent to an activating group) is 1. The van der Waals surface area contributed by atoms with Crippen molar-refractivity contribution in [2.45, 2.75) is 6.42 Å². The number of nitrogens with one attached hydrogen (secondary N) is 2. The lowest BCUT2D eigenvalue weighted by molar-refractivity contribution is -0.117. The molecule has 2 N–H and O–H groups in total. The van der Waals surface area contributed by atoms with Crippen LogP contribution in [-0.4, -0.2) is 68.5 Å². The molecule has 0 bridgehead atoms. The van der Waals surface area contributed by atoms with Crippen LogP contribution in [0.4, 0.5) is 16.2 Å². The summed E-state index contributed by atoms with van der Waals surface area (Å²) in [5.41, 5.74) is 1.68. The standard InChI is InChI=1S/C28H32N4O5/c1-31(18-7-19-32(2)28(35)30-23-12-10-21(11-13-23)27(34)36-3)20-26(33)29-22-14-16-25(17-15-22)37-24-8-5-4-6-9-24/h4-6,8-17H,7,18-20H2,1-3H3,(H,29,33)(H,30,35). The number of anilines is 2. The lowest BCUT2D eigenvalue weighted by Gasteiger charge is -2.21. The minimum absolute atomic E-state index is 0.124. The molecule has 0 heterocycles. The van der Waals surface area contributed by atoms with Crippen molar-refractivity contribution >= 4 is 29.3 Å². The Labute approximate surface area is 217 Å². The molecule has 0 spiro atoms. The molecule has 0 aliphatic heterocycles. The van der Waals surface area contributed by atoms with Crippen LogP contribution in [0.2, 0.25) is 0 Å². The molecule has 3 aromatic rings. The Bertz CT molecular complexity index is 1170. The van der Waals surface area contributed by atoms with Crippen LogP contribution >= 0.6 is 0 Å². The van der Waals surface area contributed by atoms with Crippen LogP contribution in [0.3, 0.4) is 0 Å². The van der Waals surface area contributed by atoms with Crippen LogP contribution in [0.15, 0.2) is 78.9 Å². The summed E-state index contributed by atoms with van der Waals surface area (Å²) in [6.07, 6.45) is 0.695. The predicted molar refractivity (Wildman–Crippen MR) is 143 cm³/mol. The van der Waals surface area contributed by atoms with Gasteiger partial charge in [0.15, 0.2) is 0 Å². The number of para-hydroxylation sites is 1. The molecule has 3 amide bonds. The van der Waals surface area contributed by atoms with Gasteiger partial charge in [0.05, 0.1) is 19.2 Å². The maximum Gasteiger partial charge on any atom is 0.337 e. The largest absolute Gasteiger partial charge is 0.465 e. The molecule has 9 nitrogen and oxygen atoms in total. The number of hydrogen-bond acceptors (Lipinski definition) is 6. The molecule has 37 heavy (non-hydrogen) atoms. The first-order valence-electron chi connectivity index (χ1n) is 11.9. The van der Waals surface area contributed by atoms with Crippen LogP contribution < -0.4 is 15.4 Å². The minimum Gasteiger partial charge on any atom is -0.465 e. The summed E-state index contributed by atoms with van der Waals surface area (Å²) in [6, 6.07) is 22.9. The highest BCUT2D eigenvalue weighted by molar-refractivity contribution is 5.93. The average molecular weight is 505 g/mol. The first-order valence-corrected chi connectivity index (χ1v) is 11.9. The summed E-state index contributed by atoms with van der Waals surface area (Å²) >= 11 is 0. The lowest BCUT2D eigenvalue weighted by Crippen LogP contribution is -2.35. The Balaban J connectivity index is 1.35. The summed E-state index contributed by atoms with van der Waals surface area (Å²) in [5, 5.41) is 5.67. The molecule has 194 valence electrons. The molecule has 0 saturated heterocycles. The second-order valence-electron chi connectivity index (χ2n) is 8.50. The number of nitrogens with zero attached hydrogens (tertiary/aromatic N) is 2. The van der Waals surface area contributed by atoms with Gasteiger partial charge in [0.2, 0.25) is 5.91 Å². The zero-order valence-electron chi connectivity index (χ0n) is 21.3. The van der Waals surface area contributed by atoms with Crippen LogP contribution in [-0.2, 0) is 9.53 Å². The normalized spacial score (nSPS) is 10.5. The highest BCUT2D eigenvalue weighted by atomic mass is 16.5. The molecule has 9 heteroatoms. The van der Waals surface area contributed by atoms with Crippen molar-refractivity contribution in [1.82, 2.24) is 9.80 Å². The summed E-state index contributed by atoms with van der Waals surface area (Å²) in [5.74, 6) is 0.880. The van der Waals surface area contributed by atoms with Crippen LogP contribution in [0, 0.1) is 0 Å². The van der Waals surface area contributed by atoms with Crippen molar-refractivity contribution < 1.29 is 23.9 Å². The monoisotopic (exact) mass is 504 g/mol. The van der Waals surface area contributed by atoms with E-state index in [0.717, 1.165) is 5.75 Å². The molecule has 3 rings (SSSR count). The van der Waals surface area contributed by atoms with E-state index in [-0.39, 0.29) is 18.5 Å². The zero-order chi connectivity index (χ0) is 26.6. The quantitative estimate of drug-likeness (QED) is 0.368. The van der Waals surface area contributed by atoms with Gasteiger partial charge in [-0.05, 0) is 74.1 Å². The SMILES string of the molecule is COC(=O)c1ccc(NC(=O)N(C)CCCN(C)CC(=O)Nc2ccc(Oc3ccccc3)cc2)cc1. The van der Waals surface area contributed by atoms with Crippen molar-refractivity contribution in [3.63, 3.8) is 0 Å². The third-order valence-electron chi connectivity index (χ3n) is 5.47. The summed E-state index contributed by atoms with van der Waals surface area (Å²) in [4.78, 5) is 39.8. The van der Waals surface area contributed by atoms with E-state index in [9.17, 15) is 14.4 Å². The van der Waals surface area contributed by atoms with Crippen LogP contribution in [0.25, 0.3) is 0 Å². The first-order chi connectivity index (χ1) is 17.8. The number of carbonyl (C=O) groups is 3. The fourth-order valence-electron chi connectivity index (χ4n) is 3.46. The van der Waals surface area contributed by atoms with E-state index >= 15 is 0 Å². The number of amides is 3. The Morgan fingerprint density at radius 3 is 2.00 bits per heavy atom. The molecule has 0 aliphatic carbocycles. The molecule has 0 fully saturated rings. The molecular formula is C28H32N4O5. The van der Waals surface area contributed by atoms with Gasteiger partial charge in [-0.3, -0.25) is 9.69 Å². The molecule has 0 aliphatic rings. The van der Waals surface area contributed by atoms with Gasteiger partial charge in [-0.15, -0.1) is 0 Å². The van der Waals surface area contributed by atoms with E-state index in [0.29, 0.717) is 42.2 Å². The molecule has 0 radical (unpaired) electrons. The third-order valence-corrected chi connectivity index (χ3v) is 5.47. The Morgan fingerprint density at radius 2 is 1.35 bits per heavy atom. The van der Waals surface area contributed by atoms with E-state index in [4.69, 9.17) is 4.74 Å². The van der Waals surface area contributed by atoms with E-state index in [1.165, 1.54) is 7.11 Å². The van der Waals surface area contributed by atoms with Crippen molar-refractivity contribution in [3.05, 3.63) is 84.4 Å². The average Bonchev–Trinajstić information content (AvgIpc) is 2.90. The summed E-state index contributed by atoms with van der Waals surface area (Å²) < 4.78 is 10.4. The number of esters is 1. The maximum absolute atomic E-state index is 12.4. The van der Waals surface area contributed by atoms with Gasteiger partial charge in [-0.2, -0.15) is 0 Å². The van der Waals surface area contributed by atoms with Gasteiger partial charge in [0.25, 0.3) is 0 Å². The van der Waals surface area contributed by atoms with E-state index in [2.05, 4.69) is 15.4 Å². The van der Waals surface area contributed by atoms with E-state index < -0.39 is 5.97 Å². The Morgan fingerprint density at radius 1 is 0.757 bits per heavy atom. The predicted octanol–water partition coefficient (Wildman–Crippen LogP) is 4.69. The van der Waals surface area contributed by atoms with Crippen molar-refractivity contribution in [2.75, 3.05) is 51.5 Å². The van der Waals surface area contributed by atoms with Crippen molar-refractivity contribution in [1.29, 1.82) is 0 Å². The minimum atomic E-state index is -0.431. The lowest BCUT2D eigenvalue weighted by atomic mass is 10.2. The van der Waals surface area contributed by atoms with Crippen molar-refractivity contribution in [2.24, 2.45) is 0 Å². The number of hydrogen-bond donors (Lipinski definition) is 2. The zero-order valence-corrected chi connectivity index (χ0v) is 21.3. The number of urea groups is 1. The van der Waals surface area contributed by atoms with Gasteiger partial charge in [0, 0.05) is 31.5 Å². The van der Waals surface area contributed by atoms with Crippen molar-refractivity contribution in [3.8, 4) is 11.5 Å². The van der Waals surface area contributed by atoms with Gasteiger partial charge < -0.3 is 25.0 Å². The van der Waals surface area contributed by atoms with Gasteiger partial charge in [-0.25, -0.2) is 9.59 Å². The molecular weight excluding hydrogens is 472 g/mol. The highest BCUT2D eigenvalue weighted by Gasteiger charge is 2.12. The van der Waals surface area contributed by atoms with Crippen LogP contribution in [0.5, 0.6) is 11.5 Å². The summed E-state index contributed by atoms with van der Waals surface area (Å²) in [6.45, 7) is 1.38. The maximum atomic E-state index is 12.4. The number of rotatable bonds is 11. The fraction of sp³-hybridized carbons (Fsp3) is 0.250. The highest BCUT2D eigenvalue weighted by Crippen LogP contribution is 2.22. The molecule has 3 aromatic carbocycles. The molecule has 0 saturated carbocycles. The van der Waals surface area contributed by atoms with E-state index in [1.807, 2.05) is 42.3 Å². The van der Waals surface area contributed by atoms with Gasteiger partial charge in [0.1, 0.15) is 11.5 Å². The second-order valence-corrected chi connectivity index (χ2v) is 8.50. The topological polar surface area (TPSA) is 100 Å². The first kappa shape index (κ1) is 27.2. The number of carbonyl (C=O) groups excluding carboxylic acids is 3. The Hall–Kier alpha value is -4.37. The van der Waals surface area contributed by atoms with E-state index in [1.54, 1.807) is 60.5 Å². The van der Waals surface area contributed by atoms with Crippen LogP contribution in [0.1, 0.15) is 16.8 Å².